The lowest BCUT2D eigenvalue weighted by atomic mass is 10.3. The van der Waals surface area contributed by atoms with Crippen molar-refractivity contribution in [2.75, 3.05) is 11.5 Å². The number of hydrogen-bond donors (Lipinski definition) is 5. The smallest absolute Gasteiger partial charge is 0.446 e. The van der Waals surface area contributed by atoms with Crippen molar-refractivity contribution in [1.29, 1.82) is 0 Å². The Kier molecular flexibility index (Phi) is 5.22. The van der Waals surface area contributed by atoms with Crippen LogP contribution in [0.1, 0.15) is 0 Å². The summed E-state index contributed by atoms with van der Waals surface area (Å²) in [6.07, 6.45) is 0. The van der Waals surface area contributed by atoms with Gasteiger partial charge in [0.2, 0.25) is 0 Å². The number of phenolic OH excluding ortho intramolecular Hbond substituents is 2. The van der Waals surface area contributed by atoms with Crippen molar-refractivity contribution in [3.63, 3.8) is 0 Å². The lowest BCUT2D eigenvalue weighted by Gasteiger charge is -2.03. The van der Waals surface area contributed by atoms with Gasteiger partial charge in [0, 0.05) is 17.4 Å². The lowest BCUT2D eigenvalue weighted by Crippen LogP contribution is -2.06. The number of nitrogens with two attached hydrogens (primary N) is 2. The van der Waals surface area contributed by atoms with Crippen molar-refractivity contribution in [1.82, 2.24) is 0 Å². The van der Waals surface area contributed by atoms with Gasteiger partial charge in [-0.1, -0.05) is 0 Å². The monoisotopic (exact) mass is 314 g/mol. The van der Waals surface area contributed by atoms with Crippen LogP contribution in [0.15, 0.2) is 42.5 Å². The van der Waals surface area contributed by atoms with Crippen molar-refractivity contribution >= 4 is 21.8 Å². The second kappa shape index (κ2) is 6.68. The van der Waals surface area contributed by atoms with Crippen LogP contribution in [0.3, 0.4) is 0 Å². The SMILES string of the molecule is Nc1ccc(N)cc1.O=S(=O)(O)Oc1ccc(O)cc1O. The number of phenols is 2. The van der Waals surface area contributed by atoms with Gasteiger partial charge in [0.15, 0.2) is 11.5 Å². The summed E-state index contributed by atoms with van der Waals surface area (Å²) in [7, 11) is -4.65. The first-order valence-electron chi connectivity index (χ1n) is 5.47. The van der Waals surface area contributed by atoms with Gasteiger partial charge in [0.25, 0.3) is 0 Å². The predicted octanol–water partition coefficient (Wildman–Crippen LogP) is 1.13. The van der Waals surface area contributed by atoms with Crippen molar-refractivity contribution in [2.24, 2.45) is 0 Å². The van der Waals surface area contributed by atoms with E-state index in [-0.39, 0.29) is 5.75 Å². The third kappa shape index (κ3) is 6.36. The van der Waals surface area contributed by atoms with Crippen LogP contribution < -0.4 is 15.7 Å². The summed E-state index contributed by atoms with van der Waals surface area (Å²) < 4.78 is 32.6. The summed E-state index contributed by atoms with van der Waals surface area (Å²) in [5.74, 6) is -1.29. The Morgan fingerprint density at radius 1 is 0.905 bits per heavy atom. The maximum Gasteiger partial charge on any atom is 0.446 e. The second-order valence-corrected chi connectivity index (χ2v) is 4.85. The molecule has 0 radical (unpaired) electrons. The second-order valence-electron chi connectivity index (χ2n) is 3.83. The zero-order valence-corrected chi connectivity index (χ0v) is 11.5. The highest BCUT2D eigenvalue weighted by atomic mass is 32.3. The molecule has 0 amide bonds. The van der Waals surface area contributed by atoms with E-state index in [0.29, 0.717) is 0 Å². The fourth-order valence-electron chi connectivity index (χ4n) is 1.19. The normalized spacial score (nSPS) is 10.3. The third-order valence-corrected chi connectivity index (χ3v) is 2.46. The average molecular weight is 314 g/mol. The maximum absolute atomic E-state index is 10.2. The number of rotatable bonds is 2. The highest BCUT2D eigenvalue weighted by molar-refractivity contribution is 7.81. The molecule has 21 heavy (non-hydrogen) atoms. The van der Waals surface area contributed by atoms with E-state index in [0.717, 1.165) is 29.6 Å². The number of anilines is 2. The van der Waals surface area contributed by atoms with Crippen molar-refractivity contribution in [3.8, 4) is 17.2 Å². The number of nitrogen functional groups attached to an aromatic ring is 2. The summed E-state index contributed by atoms with van der Waals surface area (Å²) in [6.45, 7) is 0. The van der Waals surface area contributed by atoms with Crippen LogP contribution in [0.4, 0.5) is 11.4 Å². The number of hydrogen-bond acceptors (Lipinski definition) is 7. The van der Waals surface area contributed by atoms with Gasteiger partial charge in [-0.15, -0.1) is 0 Å². The first-order valence-corrected chi connectivity index (χ1v) is 6.84. The maximum atomic E-state index is 10.2. The quantitative estimate of drug-likeness (QED) is 0.408. The van der Waals surface area contributed by atoms with Crippen LogP contribution in [0, 0.1) is 0 Å². The van der Waals surface area contributed by atoms with E-state index in [1.807, 2.05) is 0 Å². The molecule has 0 unspecified atom stereocenters. The van der Waals surface area contributed by atoms with E-state index in [1.54, 1.807) is 24.3 Å². The van der Waals surface area contributed by atoms with E-state index in [4.69, 9.17) is 26.2 Å². The van der Waals surface area contributed by atoms with Crippen LogP contribution in [0.25, 0.3) is 0 Å². The molecule has 8 nitrogen and oxygen atoms in total. The summed E-state index contributed by atoms with van der Waals surface area (Å²) in [4.78, 5) is 0. The van der Waals surface area contributed by atoms with Crippen molar-refractivity contribution < 1.29 is 27.4 Å². The zero-order chi connectivity index (χ0) is 16.0. The van der Waals surface area contributed by atoms with Crippen molar-refractivity contribution in [2.45, 2.75) is 0 Å². The molecule has 0 heterocycles. The number of benzene rings is 2. The largest absolute Gasteiger partial charge is 0.508 e. The predicted molar refractivity (Wildman–Crippen MR) is 77.2 cm³/mol. The Labute approximate surface area is 121 Å². The lowest BCUT2D eigenvalue weighted by molar-refractivity contribution is 0.369. The first kappa shape index (κ1) is 16.4. The van der Waals surface area contributed by atoms with E-state index in [9.17, 15) is 8.42 Å². The fraction of sp³-hybridized carbons (Fsp3) is 0. The molecule has 9 heteroatoms. The van der Waals surface area contributed by atoms with Crippen LogP contribution in [-0.4, -0.2) is 23.2 Å². The molecule has 0 spiro atoms. The molecule has 2 aromatic rings. The summed E-state index contributed by atoms with van der Waals surface area (Å²) in [5, 5.41) is 17.8. The molecular formula is C12H14N2O6S. The molecular weight excluding hydrogens is 300 g/mol. The molecule has 0 aliphatic carbocycles. The van der Waals surface area contributed by atoms with E-state index < -0.39 is 21.9 Å². The minimum Gasteiger partial charge on any atom is -0.508 e. The highest BCUT2D eigenvalue weighted by Gasteiger charge is 2.11. The summed E-state index contributed by atoms with van der Waals surface area (Å²) >= 11 is 0. The van der Waals surface area contributed by atoms with E-state index >= 15 is 0 Å². The highest BCUT2D eigenvalue weighted by Crippen LogP contribution is 2.30. The Morgan fingerprint density at radius 2 is 1.38 bits per heavy atom. The van der Waals surface area contributed by atoms with Gasteiger partial charge >= 0.3 is 10.4 Å². The molecule has 114 valence electrons. The molecule has 2 aromatic carbocycles. The van der Waals surface area contributed by atoms with Gasteiger partial charge in [0.05, 0.1) is 0 Å². The van der Waals surface area contributed by atoms with Gasteiger partial charge < -0.3 is 25.9 Å². The first-order chi connectivity index (χ1) is 9.67. The average Bonchev–Trinajstić information content (AvgIpc) is 2.36. The van der Waals surface area contributed by atoms with Crippen LogP contribution in [0.2, 0.25) is 0 Å². The molecule has 0 aromatic heterocycles. The van der Waals surface area contributed by atoms with Crippen molar-refractivity contribution in [3.05, 3.63) is 42.5 Å². The molecule has 0 fully saturated rings. The number of aromatic hydroxyl groups is 2. The van der Waals surface area contributed by atoms with Gasteiger partial charge in [0.1, 0.15) is 5.75 Å². The molecule has 7 N–H and O–H groups in total. The van der Waals surface area contributed by atoms with Gasteiger partial charge in [-0.3, -0.25) is 4.55 Å². The minimum absolute atomic E-state index is 0.250. The van der Waals surface area contributed by atoms with Crippen LogP contribution >= 0.6 is 0 Å². The molecule has 0 saturated carbocycles. The minimum atomic E-state index is -4.65. The van der Waals surface area contributed by atoms with Gasteiger partial charge in [-0.05, 0) is 36.4 Å². The van der Waals surface area contributed by atoms with E-state index in [1.165, 1.54) is 0 Å². The molecule has 0 aliphatic rings. The molecule has 2 rings (SSSR count). The van der Waals surface area contributed by atoms with Gasteiger partial charge in [-0.2, -0.15) is 8.42 Å². The fourth-order valence-corrected chi connectivity index (χ4v) is 1.55. The summed E-state index contributed by atoms with van der Waals surface area (Å²) in [6, 6.07) is 10.1. The molecule has 0 bridgehead atoms. The van der Waals surface area contributed by atoms with Crippen LogP contribution in [-0.2, 0) is 10.4 Å². The molecule has 0 saturated heterocycles. The van der Waals surface area contributed by atoms with E-state index in [2.05, 4.69) is 4.18 Å². The Morgan fingerprint density at radius 3 is 1.76 bits per heavy atom. The Bertz CT molecular complexity index is 679. The molecule has 0 aliphatic heterocycles. The third-order valence-electron chi connectivity index (χ3n) is 2.07. The van der Waals surface area contributed by atoms with Crippen LogP contribution in [0.5, 0.6) is 17.2 Å². The standard InChI is InChI=1S/C6H8N2.C6H6O6S/c7-5-1-2-6(8)4-3-5;7-4-1-2-6(5(8)3-4)12-13(9,10)11/h1-4H,7-8H2;1-3,7-8H,(H,9,10,11). The van der Waals surface area contributed by atoms with Gasteiger partial charge in [-0.25, -0.2) is 0 Å². The zero-order valence-electron chi connectivity index (χ0n) is 10.7. The Hall–Kier alpha value is -2.65. The molecule has 0 atom stereocenters. The summed E-state index contributed by atoms with van der Waals surface area (Å²) in [5.41, 5.74) is 12.2. The topological polar surface area (TPSA) is 156 Å². The Balaban J connectivity index is 0.000000235.